The lowest BCUT2D eigenvalue weighted by Gasteiger charge is -2.40. The highest BCUT2D eigenvalue weighted by Gasteiger charge is 2.41. The van der Waals surface area contributed by atoms with Gasteiger partial charge < -0.3 is 10.5 Å². The van der Waals surface area contributed by atoms with E-state index in [1.165, 1.54) is 36.4 Å². The average Bonchev–Trinajstić information content (AvgIpc) is 2.90. The van der Waals surface area contributed by atoms with Crippen LogP contribution < -0.4 is 15.4 Å². The van der Waals surface area contributed by atoms with Crippen molar-refractivity contribution < 1.29 is 18.3 Å². The monoisotopic (exact) mass is 579 g/mol. The molecule has 0 fully saturated rings. The van der Waals surface area contributed by atoms with Crippen molar-refractivity contribution in [2.45, 2.75) is 45.6 Å². The normalized spacial score (nSPS) is 17.2. The number of Topliss-reactive ketones (excluding diaryl/α,β-unsaturated/α-hetero) is 1. The molecule has 0 aromatic heterocycles. The van der Waals surface area contributed by atoms with Gasteiger partial charge in [0.05, 0.1) is 27.6 Å². The van der Waals surface area contributed by atoms with Gasteiger partial charge in [0.15, 0.2) is 5.78 Å². The summed E-state index contributed by atoms with van der Waals surface area (Å²) >= 11 is 12.2. The van der Waals surface area contributed by atoms with Crippen molar-refractivity contribution in [3.8, 4) is 11.8 Å². The molecule has 0 saturated heterocycles. The smallest absolute Gasteiger partial charge is 0.161 e. The Balaban J connectivity index is 1.62. The summed E-state index contributed by atoms with van der Waals surface area (Å²) < 4.78 is 33.4. The van der Waals surface area contributed by atoms with E-state index in [1.54, 1.807) is 4.90 Å². The number of hydrogen-bond acceptors (Lipinski definition) is 5. The van der Waals surface area contributed by atoms with Crippen LogP contribution in [0, 0.1) is 36.8 Å². The fourth-order valence-corrected chi connectivity index (χ4v) is 5.84. The number of nitrogens with zero attached hydrogens (tertiary/aromatic N) is 2. The molecular formula is C31H25Cl2F2N3O2. The highest BCUT2D eigenvalue weighted by Crippen LogP contribution is 2.47. The van der Waals surface area contributed by atoms with Crippen LogP contribution in [0.5, 0.6) is 5.75 Å². The van der Waals surface area contributed by atoms with Crippen LogP contribution in [-0.2, 0) is 11.4 Å². The standard InChI is InChI=1S/C31H25Cl2F2N3O2/c1-16-10-17(2)21(11-18(16)15-40-28-9-6-19(34)12-24(28)33)29-22(14-36)31(37)38(20-7-8-25(35)23(32)13-20)26-4-3-5-27(39)30(26)29/h6-13,29H,3-5,15,37H2,1-2H3. The first-order chi connectivity index (χ1) is 19.1. The fraction of sp³-hybridized carbons (Fsp3) is 0.226. The van der Waals surface area contributed by atoms with E-state index in [9.17, 15) is 18.8 Å². The zero-order chi connectivity index (χ0) is 28.7. The van der Waals surface area contributed by atoms with Crippen LogP contribution >= 0.6 is 23.2 Å². The van der Waals surface area contributed by atoms with E-state index in [2.05, 4.69) is 6.07 Å². The van der Waals surface area contributed by atoms with Gasteiger partial charge in [0, 0.05) is 23.4 Å². The van der Waals surface area contributed by atoms with Gasteiger partial charge >= 0.3 is 0 Å². The van der Waals surface area contributed by atoms with E-state index in [0.717, 1.165) is 22.3 Å². The number of hydrogen-bond donors (Lipinski definition) is 1. The first kappa shape index (κ1) is 27.7. The largest absolute Gasteiger partial charge is 0.487 e. The van der Waals surface area contributed by atoms with E-state index < -0.39 is 17.6 Å². The molecule has 0 amide bonds. The van der Waals surface area contributed by atoms with Crippen molar-refractivity contribution in [3.05, 3.63) is 115 Å². The number of aryl methyl sites for hydroxylation is 2. The summed E-state index contributed by atoms with van der Waals surface area (Å²) in [7, 11) is 0. The maximum Gasteiger partial charge on any atom is 0.161 e. The van der Waals surface area contributed by atoms with Crippen LogP contribution in [-0.4, -0.2) is 5.78 Å². The predicted octanol–water partition coefficient (Wildman–Crippen LogP) is 7.77. The van der Waals surface area contributed by atoms with Crippen molar-refractivity contribution in [1.29, 1.82) is 5.26 Å². The van der Waals surface area contributed by atoms with Gasteiger partial charge in [-0.25, -0.2) is 8.78 Å². The third kappa shape index (κ3) is 4.94. The first-order valence-electron chi connectivity index (χ1n) is 12.7. The lowest BCUT2D eigenvalue weighted by atomic mass is 9.74. The molecule has 0 spiro atoms. The Bertz CT molecular complexity index is 1660. The summed E-state index contributed by atoms with van der Waals surface area (Å²) in [5.74, 6) is -1.29. The molecule has 5 rings (SSSR count). The van der Waals surface area contributed by atoms with Crippen molar-refractivity contribution in [2.75, 3.05) is 4.90 Å². The zero-order valence-corrected chi connectivity index (χ0v) is 23.3. The highest BCUT2D eigenvalue weighted by atomic mass is 35.5. The second-order valence-electron chi connectivity index (χ2n) is 9.91. The molecule has 0 saturated carbocycles. The minimum atomic E-state index is -0.686. The maximum atomic E-state index is 14.0. The number of halogens is 4. The SMILES string of the molecule is Cc1cc(C)c(C2C(C#N)=C(N)N(c3ccc(F)c(Cl)c3)C3=C2C(=O)CCC3)cc1COc1ccc(F)cc1Cl. The lowest BCUT2D eigenvalue weighted by molar-refractivity contribution is -0.116. The Morgan fingerprint density at radius 2 is 1.82 bits per heavy atom. The molecule has 0 bridgehead atoms. The second kappa shape index (κ2) is 11.0. The average molecular weight is 580 g/mol. The Morgan fingerprint density at radius 1 is 1.05 bits per heavy atom. The number of rotatable bonds is 5. The van der Waals surface area contributed by atoms with Crippen LogP contribution in [0.4, 0.5) is 14.5 Å². The number of allylic oxidation sites excluding steroid dienone is 3. The molecule has 1 atom stereocenters. The van der Waals surface area contributed by atoms with Gasteiger partial charge in [-0.05, 0) is 85.3 Å². The van der Waals surface area contributed by atoms with E-state index in [-0.39, 0.29) is 33.8 Å². The van der Waals surface area contributed by atoms with Crippen LogP contribution in [0.3, 0.4) is 0 Å². The van der Waals surface area contributed by atoms with E-state index in [1.807, 2.05) is 26.0 Å². The third-order valence-electron chi connectivity index (χ3n) is 7.39. The van der Waals surface area contributed by atoms with Crippen LogP contribution in [0.25, 0.3) is 0 Å². The number of anilines is 1. The molecule has 1 aliphatic carbocycles. The molecule has 3 aromatic carbocycles. The van der Waals surface area contributed by atoms with Crippen LogP contribution in [0.1, 0.15) is 47.4 Å². The molecule has 2 N–H and O–H groups in total. The minimum Gasteiger partial charge on any atom is -0.487 e. The number of nitrogens with two attached hydrogens (primary N) is 1. The molecule has 1 aliphatic heterocycles. The number of ether oxygens (including phenoxy) is 1. The van der Waals surface area contributed by atoms with Gasteiger partial charge in [0.2, 0.25) is 0 Å². The summed E-state index contributed by atoms with van der Waals surface area (Å²) in [5.41, 5.74) is 11.9. The molecular weight excluding hydrogens is 555 g/mol. The number of carbonyl (C=O) groups is 1. The highest BCUT2D eigenvalue weighted by molar-refractivity contribution is 6.32. The molecule has 3 aromatic rings. The van der Waals surface area contributed by atoms with Gasteiger partial charge in [0.1, 0.15) is 29.8 Å². The quantitative estimate of drug-likeness (QED) is 0.334. The van der Waals surface area contributed by atoms with Crippen LogP contribution in [0.15, 0.2) is 71.2 Å². The maximum absolute atomic E-state index is 14.0. The topological polar surface area (TPSA) is 79.4 Å². The minimum absolute atomic E-state index is 0.0689. The zero-order valence-electron chi connectivity index (χ0n) is 21.8. The summed E-state index contributed by atoms with van der Waals surface area (Å²) in [6.45, 7) is 4.00. The third-order valence-corrected chi connectivity index (χ3v) is 7.97. The molecule has 1 heterocycles. The van der Waals surface area contributed by atoms with Gasteiger partial charge in [-0.3, -0.25) is 9.69 Å². The lowest BCUT2D eigenvalue weighted by Crippen LogP contribution is -2.39. The molecule has 9 heteroatoms. The van der Waals surface area contributed by atoms with E-state index >= 15 is 0 Å². The molecule has 1 unspecified atom stereocenters. The summed E-state index contributed by atoms with van der Waals surface area (Å²) in [6, 6.07) is 14.3. The Morgan fingerprint density at radius 3 is 2.52 bits per heavy atom. The number of ketones is 1. The number of nitriles is 1. The Hall–Kier alpha value is -3.86. The summed E-state index contributed by atoms with van der Waals surface area (Å²) in [6.07, 6.45) is 1.52. The van der Waals surface area contributed by atoms with Gasteiger partial charge in [-0.15, -0.1) is 0 Å². The molecule has 40 heavy (non-hydrogen) atoms. The molecule has 2 aliphatic rings. The first-order valence-corrected chi connectivity index (χ1v) is 13.4. The Kier molecular flexibility index (Phi) is 7.59. The van der Waals surface area contributed by atoms with Gasteiger partial charge in [-0.2, -0.15) is 5.26 Å². The van der Waals surface area contributed by atoms with E-state index in [0.29, 0.717) is 42.0 Å². The fourth-order valence-electron chi connectivity index (χ4n) is 5.45. The van der Waals surface area contributed by atoms with Crippen molar-refractivity contribution >= 4 is 34.7 Å². The molecule has 204 valence electrons. The van der Waals surface area contributed by atoms with Gasteiger partial charge in [0.25, 0.3) is 0 Å². The van der Waals surface area contributed by atoms with Crippen LogP contribution in [0.2, 0.25) is 10.0 Å². The summed E-state index contributed by atoms with van der Waals surface area (Å²) in [5, 5.41) is 10.4. The predicted molar refractivity (Wildman–Crippen MR) is 151 cm³/mol. The number of carbonyl (C=O) groups excluding carboxylic acids is 1. The number of benzene rings is 3. The van der Waals surface area contributed by atoms with Crippen molar-refractivity contribution in [2.24, 2.45) is 5.73 Å². The second-order valence-corrected chi connectivity index (χ2v) is 10.7. The van der Waals surface area contributed by atoms with Crippen molar-refractivity contribution in [1.82, 2.24) is 0 Å². The van der Waals surface area contributed by atoms with Crippen molar-refractivity contribution in [3.63, 3.8) is 0 Å². The van der Waals surface area contributed by atoms with Gasteiger partial charge in [-0.1, -0.05) is 35.3 Å². The molecule has 5 nitrogen and oxygen atoms in total. The van der Waals surface area contributed by atoms with E-state index in [4.69, 9.17) is 33.7 Å². The molecule has 0 radical (unpaired) electrons. The Labute approximate surface area is 241 Å². The summed E-state index contributed by atoms with van der Waals surface area (Å²) in [4.78, 5) is 15.2.